The molecule has 0 N–H and O–H groups in total. The van der Waals surface area contributed by atoms with Gasteiger partial charge in [0.05, 0.1) is 0 Å². The van der Waals surface area contributed by atoms with E-state index in [0.29, 0.717) is 6.42 Å². The number of hydrogen-bond donors (Lipinski definition) is 0. The maximum absolute atomic E-state index is 12.9. The second-order valence-corrected chi connectivity index (χ2v) is 11.1. The van der Waals surface area contributed by atoms with Gasteiger partial charge in [-0.2, -0.15) is 0 Å². The standard InChI is InChI=1S/C23H23BIN4O2S/c1-5-16(21(30)25-24)20-22-28-27-13(4)29(22)23-18(11(2)12(3)32-23)19(26-20)15-8-6-14(7-9-15)17-10-31-17/h6-9,16-17,20H,5,10H2,1-4H3/q-1. The predicted molar refractivity (Wildman–Crippen MR) is 122 cm³/mol. The molecule has 32 heavy (non-hydrogen) atoms. The van der Waals surface area contributed by atoms with Crippen LogP contribution in [0.1, 0.15) is 64.3 Å². The van der Waals surface area contributed by atoms with E-state index in [-0.39, 0.29) is 15.8 Å². The van der Waals surface area contributed by atoms with E-state index < -0.39 is 27.0 Å². The van der Waals surface area contributed by atoms with Crippen LogP contribution >= 0.6 is 11.3 Å². The Morgan fingerprint density at radius 1 is 1.28 bits per heavy atom. The minimum absolute atomic E-state index is 0.103. The summed E-state index contributed by atoms with van der Waals surface area (Å²) in [6.45, 7) is 9.03. The summed E-state index contributed by atoms with van der Waals surface area (Å²) in [4.78, 5) is 19.4. The molecule has 3 unspecified atom stereocenters. The molecule has 0 aliphatic carbocycles. The van der Waals surface area contributed by atoms with Crippen molar-refractivity contribution in [3.8, 4) is 5.00 Å². The molecule has 3 atom stereocenters. The number of epoxide rings is 1. The van der Waals surface area contributed by atoms with E-state index in [1.165, 1.54) is 16.0 Å². The second kappa shape index (κ2) is 8.50. The summed E-state index contributed by atoms with van der Waals surface area (Å²) in [7, 11) is 0. The first kappa shape index (κ1) is 22.0. The van der Waals surface area contributed by atoms with Crippen LogP contribution in [0.2, 0.25) is 0 Å². The van der Waals surface area contributed by atoms with Gasteiger partial charge in [-0.3, -0.25) is 0 Å². The fraction of sp³-hybridized carbons (Fsp3) is 0.391. The molecular formula is C23H23BIN4O2S-. The number of ether oxygens (including phenoxy) is 1. The van der Waals surface area contributed by atoms with E-state index in [9.17, 15) is 4.79 Å². The molecule has 1 saturated heterocycles. The van der Waals surface area contributed by atoms with Crippen LogP contribution in [0.4, 0.5) is 0 Å². The van der Waals surface area contributed by atoms with E-state index in [4.69, 9.17) is 15.4 Å². The van der Waals surface area contributed by atoms with Crippen molar-refractivity contribution < 1.29 is 30.5 Å². The Morgan fingerprint density at radius 3 is 2.62 bits per heavy atom. The monoisotopic (exact) mass is 557 g/mol. The van der Waals surface area contributed by atoms with Crippen molar-refractivity contribution in [2.24, 2.45) is 10.9 Å². The first-order chi connectivity index (χ1) is 15.4. The number of rotatable bonds is 6. The normalized spacial score (nSPS) is 20.3. The summed E-state index contributed by atoms with van der Waals surface area (Å²) in [5, 5.41) is 9.95. The number of carbonyl (C=O) groups excluding carboxylic acids is 1. The van der Waals surface area contributed by atoms with Crippen LogP contribution in [0.5, 0.6) is 0 Å². The SMILES string of the molecule is [B][I-]C(=O)C(CC)C1N=C(c2ccc(C3CO3)cc2)c2c(sc(C)c2C)-n2c(C)nnc21. The summed E-state index contributed by atoms with van der Waals surface area (Å²) in [5.41, 5.74) is 11.3. The Kier molecular flexibility index (Phi) is 5.83. The van der Waals surface area contributed by atoms with Gasteiger partial charge in [-0.25, -0.2) is 0 Å². The summed E-state index contributed by atoms with van der Waals surface area (Å²) in [6, 6.07) is 8.03. The van der Waals surface area contributed by atoms with E-state index in [2.05, 4.69) is 52.9 Å². The zero-order chi connectivity index (χ0) is 22.6. The zero-order valence-corrected chi connectivity index (χ0v) is 21.4. The van der Waals surface area contributed by atoms with Crippen LogP contribution in [0.25, 0.3) is 5.00 Å². The zero-order valence-electron chi connectivity index (χ0n) is 18.4. The van der Waals surface area contributed by atoms with Crippen LogP contribution in [0.3, 0.4) is 0 Å². The molecule has 1 aromatic carbocycles. The number of carbonyl (C=O) groups is 1. The van der Waals surface area contributed by atoms with Crippen molar-refractivity contribution >= 4 is 26.5 Å². The topological polar surface area (TPSA) is 72.7 Å². The van der Waals surface area contributed by atoms with Crippen molar-refractivity contribution in [2.45, 2.75) is 46.3 Å². The van der Waals surface area contributed by atoms with Crippen LogP contribution in [0, 0.1) is 26.7 Å². The first-order valence-corrected chi connectivity index (χ1v) is 13.8. The van der Waals surface area contributed by atoms with E-state index in [1.807, 2.05) is 13.8 Å². The van der Waals surface area contributed by atoms with Gasteiger partial charge in [0, 0.05) is 0 Å². The molecule has 0 spiro atoms. The average molecular weight is 557 g/mol. The van der Waals surface area contributed by atoms with E-state index >= 15 is 0 Å². The number of aliphatic imine (C=N–C) groups is 1. The summed E-state index contributed by atoms with van der Waals surface area (Å²) in [6.07, 6.45) is 0.870. The molecule has 5 rings (SSSR count). The Balaban J connectivity index is 1.75. The Labute approximate surface area is 202 Å². The van der Waals surface area contributed by atoms with Gasteiger partial charge < -0.3 is 0 Å². The van der Waals surface area contributed by atoms with Crippen LogP contribution in [-0.4, -0.2) is 36.6 Å². The van der Waals surface area contributed by atoms with Crippen molar-refractivity contribution in [2.75, 3.05) is 6.61 Å². The molecule has 164 valence electrons. The molecule has 6 nitrogen and oxygen atoms in total. The molecule has 2 aliphatic rings. The fourth-order valence-corrected chi connectivity index (χ4v) is 6.76. The van der Waals surface area contributed by atoms with Crippen molar-refractivity contribution in [1.82, 2.24) is 14.8 Å². The van der Waals surface area contributed by atoms with Crippen LogP contribution in [0.15, 0.2) is 29.3 Å². The first-order valence-electron chi connectivity index (χ1n) is 10.6. The molecule has 0 saturated carbocycles. The third kappa shape index (κ3) is 3.58. The third-order valence-electron chi connectivity index (χ3n) is 6.30. The average Bonchev–Trinajstić information content (AvgIpc) is 3.54. The third-order valence-corrected chi connectivity index (χ3v) is 8.90. The predicted octanol–water partition coefficient (Wildman–Crippen LogP) is 0.943. The summed E-state index contributed by atoms with van der Waals surface area (Å²) >= 11 is 0.690. The van der Waals surface area contributed by atoms with Crippen molar-refractivity contribution in [3.05, 3.63) is 63.0 Å². The van der Waals surface area contributed by atoms with Crippen LogP contribution < -0.4 is 21.0 Å². The summed E-state index contributed by atoms with van der Waals surface area (Å²) in [5.74, 6) is 1.22. The number of aromatic nitrogens is 3. The van der Waals surface area contributed by atoms with Gasteiger partial charge in [-0.05, 0) is 0 Å². The fourth-order valence-electron chi connectivity index (χ4n) is 4.30. The molecule has 2 radical (unpaired) electrons. The quantitative estimate of drug-likeness (QED) is 0.196. The molecule has 9 heteroatoms. The molecule has 0 bridgehead atoms. The van der Waals surface area contributed by atoms with Gasteiger partial charge in [0.1, 0.15) is 0 Å². The van der Waals surface area contributed by atoms with Gasteiger partial charge in [0.2, 0.25) is 0 Å². The molecule has 3 aromatic rings. The summed E-state index contributed by atoms with van der Waals surface area (Å²) < 4.78 is 7.63. The number of thiophene rings is 1. The van der Waals surface area contributed by atoms with Gasteiger partial charge in [-0.1, -0.05) is 0 Å². The number of benzene rings is 1. The van der Waals surface area contributed by atoms with Crippen molar-refractivity contribution in [1.29, 1.82) is 0 Å². The maximum atomic E-state index is 12.9. The molecule has 2 aliphatic heterocycles. The van der Waals surface area contributed by atoms with Gasteiger partial charge in [0.15, 0.2) is 0 Å². The molecule has 2 aromatic heterocycles. The molecule has 0 amide bonds. The molecule has 1 fully saturated rings. The van der Waals surface area contributed by atoms with Gasteiger partial charge in [0.25, 0.3) is 0 Å². The number of fused-ring (bicyclic) bond motifs is 3. The molecular weight excluding hydrogens is 534 g/mol. The minimum atomic E-state index is -1.03. The number of aryl methyl sites for hydroxylation is 2. The van der Waals surface area contributed by atoms with Gasteiger partial charge >= 0.3 is 204 Å². The van der Waals surface area contributed by atoms with Crippen LogP contribution in [-0.2, 0) is 9.53 Å². The Bertz CT molecular complexity index is 1230. The Morgan fingerprint density at radius 2 is 2.00 bits per heavy atom. The van der Waals surface area contributed by atoms with E-state index in [1.54, 1.807) is 11.3 Å². The number of nitrogens with zero attached hydrogens (tertiary/aromatic N) is 4. The second-order valence-electron chi connectivity index (χ2n) is 8.20. The Hall–Kier alpha value is -1.85. The number of halogens is 1. The number of hydrogen-bond acceptors (Lipinski definition) is 6. The van der Waals surface area contributed by atoms with Crippen molar-refractivity contribution in [3.63, 3.8) is 0 Å². The van der Waals surface area contributed by atoms with Gasteiger partial charge in [-0.15, -0.1) is 0 Å². The van der Waals surface area contributed by atoms with E-state index in [0.717, 1.165) is 40.1 Å². The molecule has 4 heterocycles.